The average Bonchev–Trinajstić information content (AvgIpc) is 2.16. The summed E-state index contributed by atoms with van der Waals surface area (Å²) in [4.78, 5) is 29.5. The molecule has 0 amide bonds. The summed E-state index contributed by atoms with van der Waals surface area (Å²) >= 11 is 0. The summed E-state index contributed by atoms with van der Waals surface area (Å²) in [5.41, 5.74) is -0.380. The molecule has 0 saturated carbocycles. The first kappa shape index (κ1) is 13.4. The van der Waals surface area contributed by atoms with E-state index in [9.17, 15) is 9.59 Å². The van der Waals surface area contributed by atoms with Gasteiger partial charge in [0, 0.05) is 0 Å². The predicted molar refractivity (Wildman–Crippen MR) is 51.0 cm³/mol. The number of rotatable bonds is 2. The SMILES string of the molecule is O=C(O)O.O=C(O)c1ccccc1C(=O)O. The molecule has 16 heavy (non-hydrogen) atoms. The molecule has 1 aromatic rings. The van der Waals surface area contributed by atoms with E-state index < -0.39 is 18.1 Å². The van der Waals surface area contributed by atoms with Crippen molar-refractivity contribution in [2.75, 3.05) is 0 Å². The Morgan fingerprint density at radius 3 is 1.19 bits per heavy atom. The van der Waals surface area contributed by atoms with Crippen molar-refractivity contribution in [3.63, 3.8) is 0 Å². The van der Waals surface area contributed by atoms with Gasteiger partial charge in [-0.2, -0.15) is 0 Å². The van der Waals surface area contributed by atoms with Gasteiger partial charge in [0.25, 0.3) is 0 Å². The maximum Gasteiger partial charge on any atom is 0.503 e. The molecule has 0 bridgehead atoms. The van der Waals surface area contributed by atoms with Gasteiger partial charge < -0.3 is 20.4 Å². The van der Waals surface area contributed by atoms with Gasteiger partial charge in [-0.05, 0) is 12.1 Å². The molecule has 0 saturated heterocycles. The van der Waals surface area contributed by atoms with E-state index in [-0.39, 0.29) is 11.1 Å². The highest BCUT2D eigenvalue weighted by Crippen LogP contribution is 2.07. The molecule has 7 nitrogen and oxygen atoms in total. The molecule has 0 aromatic heterocycles. The number of hydrogen-bond acceptors (Lipinski definition) is 3. The van der Waals surface area contributed by atoms with Crippen LogP contribution in [-0.2, 0) is 0 Å². The molecule has 1 aromatic carbocycles. The fourth-order valence-corrected chi connectivity index (χ4v) is 0.856. The minimum absolute atomic E-state index is 0.190. The Hall–Kier alpha value is -2.57. The zero-order valence-corrected chi connectivity index (χ0v) is 7.82. The summed E-state index contributed by atoms with van der Waals surface area (Å²) in [5.74, 6) is -2.46. The second-order valence-electron chi connectivity index (χ2n) is 2.44. The lowest BCUT2D eigenvalue weighted by Gasteiger charge is -1.98. The molecular weight excluding hydrogens is 220 g/mol. The third-order valence-corrected chi connectivity index (χ3v) is 1.39. The second kappa shape index (κ2) is 6.02. The fraction of sp³-hybridized carbons (Fsp3) is 0. The minimum Gasteiger partial charge on any atom is -0.478 e. The van der Waals surface area contributed by atoms with E-state index in [0.717, 1.165) is 0 Å². The van der Waals surface area contributed by atoms with Crippen LogP contribution >= 0.6 is 0 Å². The first-order valence-electron chi connectivity index (χ1n) is 3.83. The monoisotopic (exact) mass is 228 g/mol. The molecule has 0 unspecified atom stereocenters. The molecule has 0 spiro atoms. The number of hydrogen-bond donors (Lipinski definition) is 4. The van der Waals surface area contributed by atoms with Gasteiger partial charge >= 0.3 is 18.1 Å². The summed E-state index contributed by atoms with van der Waals surface area (Å²) in [6.45, 7) is 0. The highest BCUT2D eigenvalue weighted by atomic mass is 16.6. The van der Waals surface area contributed by atoms with Crippen molar-refractivity contribution >= 4 is 18.1 Å². The van der Waals surface area contributed by atoms with Crippen LogP contribution in [0.5, 0.6) is 0 Å². The van der Waals surface area contributed by atoms with Crippen molar-refractivity contribution in [1.29, 1.82) is 0 Å². The van der Waals surface area contributed by atoms with E-state index in [1.165, 1.54) is 24.3 Å². The van der Waals surface area contributed by atoms with Gasteiger partial charge in [0.1, 0.15) is 0 Å². The first-order valence-corrected chi connectivity index (χ1v) is 3.83. The van der Waals surface area contributed by atoms with Gasteiger partial charge in [-0.1, -0.05) is 12.1 Å². The molecule has 0 atom stereocenters. The molecule has 86 valence electrons. The molecule has 0 aliphatic heterocycles. The zero-order chi connectivity index (χ0) is 12.7. The fourth-order valence-electron chi connectivity index (χ4n) is 0.856. The minimum atomic E-state index is -1.83. The molecule has 0 radical (unpaired) electrons. The maximum atomic E-state index is 10.5. The topological polar surface area (TPSA) is 132 Å². The van der Waals surface area contributed by atoms with Crippen LogP contribution in [0.1, 0.15) is 20.7 Å². The number of carboxylic acids is 2. The van der Waals surface area contributed by atoms with Crippen LogP contribution in [0.3, 0.4) is 0 Å². The van der Waals surface area contributed by atoms with E-state index >= 15 is 0 Å². The average molecular weight is 228 g/mol. The van der Waals surface area contributed by atoms with Crippen molar-refractivity contribution in [2.45, 2.75) is 0 Å². The molecule has 7 heteroatoms. The number of carbonyl (C=O) groups is 3. The molecule has 0 heterocycles. The van der Waals surface area contributed by atoms with Gasteiger partial charge in [0.05, 0.1) is 11.1 Å². The third-order valence-electron chi connectivity index (χ3n) is 1.39. The van der Waals surface area contributed by atoms with Gasteiger partial charge in [0.2, 0.25) is 0 Å². The van der Waals surface area contributed by atoms with Crippen molar-refractivity contribution in [3.05, 3.63) is 35.4 Å². The Morgan fingerprint density at radius 2 is 1.00 bits per heavy atom. The zero-order valence-electron chi connectivity index (χ0n) is 7.82. The van der Waals surface area contributed by atoms with Crippen molar-refractivity contribution < 1.29 is 34.8 Å². The summed E-state index contributed by atoms with van der Waals surface area (Å²) in [5, 5.41) is 31.0. The van der Waals surface area contributed by atoms with Crippen LogP contribution < -0.4 is 0 Å². The van der Waals surface area contributed by atoms with Crippen molar-refractivity contribution in [2.24, 2.45) is 0 Å². The Balaban J connectivity index is 0.000000487. The molecule has 0 aliphatic carbocycles. The molecule has 1 rings (SSSR count). The van der Waals surface area contributed by atoms with Gasteiger partial charge in [-0.3, -0.25) is 0 Å². The standard InChI is InChI=1S/C8H6O4.CH2O3/c9-7(10)5-3-1-2-4-6(5)8(11)12;2-1(3)4/h1-4H,(H,9,10)(H,11,12);(H2,2,3,4). The van der Waals surface area contributed by atoms with Crippen molar-refractivity contribution in [3.8, 4) is 0 Å². The van der Waals surface area contributed by atoms with Crippen LogP contribution in [0.25, 0.3) is 0 Å². The van der Waals surface area contributed by atoms with Crippen LogP contribution in [-0.4, -0.2) is 38.5 Å². The second-order valence-corrected chi connectivity index (χ2v) is 2.44. The number of carboxylic acid groups (broad SMARTS) is 4. The largest absolute Gasteiger partial charge is 0.503 e. The van der Waals surface area contributed by atoms with Crippen molar-refractivity contribution in [1.82, 2.24) is 0 Å². The Kier molecular flexibility index (Phi) is 5.05. The summed E-state index contributed by atoms with van der Waals surface area (Å²) in [7, 11) is 0. The van der Waals surface area contributed by atoms with Crippen LogP contribution in [0.2, 0.25) is 0 Å². The molecule has 0 fully saturated rings. The van der Waals surface area contributed by atoms with E-state index in [1.807, 2.05) is 0 Å². The summed E-state index contributed by atoms with van der Waals surface area (Å²) in [6.07, 6.45) is -1.83. The number of aromatic carboxylic acids is 2. The van der Waals surface area contributed by atoms with E-state index in [1.54, 1.807) is 0 Å². The third kappa shape index (κ3) is 4.61. The molecule has 4 N–H and O–H groups in total. The van der Waals surface area contributed by atoms with Gasteiger partial charge in [0.15, 0.2) is 0 Å². The van der Waals surface area contributed by atoms with E-state index in [0.29, 0.717) is 0 Å². The molecule has 0 aliphatic rings. The highest BCUT2D eigenvalue weighted by Gasteiger charge is 2.13. The highest BCUT2D eigenvalue weighted by molar-refractivity contribution is 6.01. The van der Waals surface area contributed by atoms with Gasteiger partial charge in [-0.25, -0.2) is 14.4 Å². The lowest BCUT2D eigenvalue weighted by Crippen LogP contribution is -2.06. The van der Waals surface area contributed by atoms with Gasteiger partial charge in [-0.15, -0.1) is 0 Å². The van der Waals surface area contributed by atoms with Crippen LogP contribution in [0.4, 0.5) is 4.79 Å². The van der Waals surface area contributed by atoms with E-state index in [2.05, 4.69) is 0 Å². The smallest absolute Gasteiger partial charge is 0.478 e. The maximum absolute atomic E-state index is 10.5. The lowest BCUT2D eigenvalue weighted by atomic mass is 10.1. The molecular formula is C9H8O7. The summed E-state index contributed by atoms with van der Waals surface area (Å²) in [6, 6.07) is 5.48. The predicted octanol–water partition coefficient (Wildman–Crippen LogP) is 1.31. The Labute approximate surface area is 89.2 Å². The van der Waals surface area contributed by atoms with Crippen LogP contribution in [0, 0.1) is 0 Å². The normalized spacial score (nSPS) is 8.50. The van der Waals surface area contributed by atoms with E-state index in [4.69, 9.17) is 25.2 Å². The lowest BCUT2D eigenvalue weighted by molar-refractivity contribution is 0.0651. The Morgan fingerprint density at radius 1 is 0.750 bits per heavy atom. The van der Waals surface area contributed by atoms with Crippen LogP contribution in [0.15, 0.2) is 24.3 Å². The summed E-state index contributed by atoms with van der Waals surface area (Å²) < 4.78 is 0. The first-order chi connectivity index (χ1) is 7.36. The quantitative estimate of drug-likeness (QED) is 0.599. The number of benzene rings is 1. The Bertz CT molecular complexity index is 373.